The van der Waals surface area contributed by atoms with Crippen LogP contribution in [0.1, 0.15) is 34.0 Å². The Hall–Kier alpha value is -2.08. The Bertz CT molecular complexity index is 877. The van der Waals surface area contributed by atoms with Crippen LogP contribution < -0.4 is 4.90 Å². The molecule has 0 aliphatic carbocycles. The summed E-state index contributed by atoms with van der Waals surface area (Å²) in [6.07, 6.45) is 1.97. The van der Waals surface area contributed by atoms with Gasteiger partial charge < -0.3 is 14.5 Å². The predicted octanol–water partition coefficient (Wildman–Crippen LogP) is 3.87. The molecule has 4 rings (SSSR count). The largest absolute Gasteiger partial charge is 0.373 e. The number of benzene rings is 2. The number of halogens is 1. The number of hydrogen-bond donors (Lipinski definition) is 0. The van der Waals surface area contributed by atoms with Gasteiger partial charge in [-0.05, 0) is 60.4 Å². The first kappa shape index (κ1) is 21.2. The molecule has 0 N–H and O–H groups in total. The van der Waals surface area contributed by atoms with Crippen molar-refractivity contribution < 1.29 is 9.53 Å². The van der Waals surface area contributed by atoms with Crippen molar-refractivity contribution in [3.05, 3.63) is 64.2 Å². The predicted molar refractivity (Wildman–Crippen MR) is 122 cm³/mol. The topological polar surface area (TPSA) is 36.0 Å². The molecular formula is C24H30ClN3O2. The third kappa shape index (κ3) is 4.80. The van der Waals surface area contributed by atoms with Gasteiger partial charge in [0.1, 0.15) is 0 Å². The van der Waals surface area contributed by atoms with Crippen LogP contribution in [0, 0.1) is 0 Å². The molecule has 30 heavy (non-hydrogen) atoms. The van der Waals surface area contributed by atoms with Gasteiger partial charge in [0.05, 0.1) is 12.7 Å². The Kier molecular flexibility index (Phi) is 6.61. The van der Waals surface area contributed by atoms with Gasteiger partial charge in [-0.3, -0.25) is 9.69 Å². The SMILES string of the molecule is CN(C)C(=O)c1ccc2c(c1)CCOC2CCN1CCN(c2ccc(Cl)cc2)CC1. The highest BCUT2D eigenvalue weighted by molar-refractivity contribution is 6.30. The van der Waals surface area contributed by atoms with E-state index in [0.29, 0.717) is 0 Å². The van der Waals surface area contributed by atoms with Gasteiger partial charge >= 0.3 is 0 Å². The molecule has 2 heterocycles. The van der Waals surface area contributed by atoms with Gasteiger partial charge in [0.25, 0.3) is 5.91 Å². The maximum absolute atomic E-state index is 12.3. The lowest BCUT2D eigenvalue weighted by molar-refractivity contribution is 0.0288. The van der Waals surface area contributed by atoms with Crippen molar-refractivity contribution in [1.82, 2.24) is 9.80 Å². The van der Waals surface area contributed by atoms with Crippen molar-refractivity contribution in [3.8, 4) is 0 Å². The highest BCUT2D eigenvalue weighted by atomic mass is 35.5. The lowest BCUT2D eigenvalue weighted by Crippen LogP contribution is -2.46. The zero-order valence-corrected chi connectivity index (χ0v) is 18.6. The van der Waals surface area contributed by atoms with Gasteiger partial charge in [0.2, 0.25) is 0 Å². The van der Waals surface area contributed by atoms with Crippen molar-refractivity contribution in [2.75, 3.05) is 58.3 Å². The van der Waals surface area contributed by atoms with Crippen molar-refractivity contribution in [1.29, 1.82) is 0 Å². The third-order valence-electron chi connectivity index (χ3n) is 6.11. The fourth-order valence-electron chi connectivity index (χ4n) is 4.35. The molecule has 160 valence electrons. The number of amides is 1. The summed E-state index contributed by atoms with van der Waals surface area (Å²) in [5.41, 5.74) is 4.51. The average Bonchev–Trinajstić information content (AvgIpc) is 2.77. The van der Waals surface area contributed by atoms with E-state index in [0.717, 1.165) is 62.8 Å². The number of ether oxygens (including phenoxy) is 1. The van der Waals surface area contributed by atoms with Crippen LogP contribution in [0.4, 0.5) is 5.69 Å². The van der Waals surface area contributed by atoms with E-state index >= 15 is 0 Å². The van der Waals surface area contributed by atoms with E-state index in [-0.39, 0.29) is 12.0 Å². The van der Waals surface area contributed by atoms with Crippen LogP contribution in [0.3, 0.4) is 0 Å². The molecule has 0 aromatic heterocycles. The minimum atomic E-state index is 0.0550. The molecule has 1 fully saturated rings. The normalized spacial score (nSPS) is 19.4. The number of rotatable bonds is 5. The molecular weight excluding hydrogens is 398 g/mol. The van der Waals surface area contributed by atoms with Gasteiger partial charge in [-0.15, -0.1) is 0 Å². The van der Waals surface area contributed by atoms with E-state index < -0.39 is 0 Å². The Morgan fingerprint density at radius 2 is 1.83 bits per heavy atom. The summed E-state index contributed by atoms with van der Waals surface area (Å²) in [5, 5.41) is 0.781. The van der Waals surface area contributed by atoms with E-state index in [9.17, 15) is 4.79 Å². The third-order valence-corrected chi connectivity index (χ3v) is 6.36. The molecule has 1 atom stereocenters. The zero-order chi connectivity index (χ0) is 21.1. The number of hydrogen-bond acceptors (Lipinski definition) is 4. The summed E-state index contributed by atoms with van der Waals surface area (Å²) in [5.74, 6) is 0.0550. The summed E-state index contributed by atoms with van der Waals surface area (Å²) >= 11 is 6.01. The van der Waals surface area contributed by atoms with E-state index in [1.807, 2.05) is 18.2 Å². The number of piperazine rings is 1. The second kappa shape index (κ2) is 9.38. The maximum Gasteiger partial charge on any atom is 0.253 e. The molecule has 0 saturated carbocycles. The van der Waals surface area contributed by atoms with Crippen molar-refractivity contribution in [2.45, 2.75) is 18.9 Å². The van der Waals surface area contributed by atoms with Gasteiger partial charge in [-0.25, -0.2) is 0 Å². The quantitative estimate of drug-likeness (QED) is 0.725. The molecule has 2 aromatic carbocycles. The van der Waals surface area contributed by atoms with E-state index in [4.69, 9.17) is 16.3 Å². The van der Waals surface area contributed by atoms with Crippen LogP contribution in [0.25, 0.3) is 0 Å². The minimum absolute atomic E-state index is 0.0550. The summed E-state index contributed by atoms with van der Waals surface area (Å²) < 4.78 is 6.10. The van der Waals surface area contributed by atoms with Crippen LogP contribution in [-0.4, -0.2) is 69.1 Å². The van der Waals surface area contributed by atoms with Crippen LogP contribution in [0.2, 0.25) is 5.02 Å². The molecule has 1 amide bonds. The second-order valence-electron chi connectivity index (χ2n) is 8.32. The minimum Gasteiger partial charge on any atom is -0.373 e. The summed E-state index contributed by atoms with van der Waals surface area (Å²) in [6.45, 7) is 5.91. The van der Waals surface area contributed by atoms with Gasteiger partial charge in [-0.2, -0.15) is 0 Å². The number of carbonyl (C=O) groups is 1. The number of nitrogens with zero attached hydrogens (tertiary/aromatic N) is 3. The Labute approximate surface area is 184 Å². The van der Waals surface area contributed by atoms with Gasteiger partial charge in [-0.1, -0.05) is 17.7 Å². The molecule has 0 spiro atoms. The molecule has 2 aromatic rings. The van der Waals surface area contributed by atoms with Crippen molar-refractivity contribution in [2.24, 2.45) is 0 Å². The number of carbonyl (C=O) groups excluding carboxylic acids is 1. The number of anilines is 1. The van der Waals surface area contributed by atoms with E-state index in [1.165, 1.54) is 16.8 Å². The lowest BCUT2D eigenvalue weighted by atomic mass is 9.93. The highest BCUT2D eigenvalue weighted by Gasteiger charge is 2.24. The fraction of sp³-hybridized carbons (Fsp3) is 0.458. The first-order valence-electron chi connectivity index (χ1n) is 10.7. The molecule has 2 aliphatic rings. The molecule has 5 nitrogen and oxygen atoms in total. The summed E-state index contributed by atoms with van der Waals surface area (Å²) in [7, 11) is 3.58. The molecule has 6 heteroatoms. The van der Waals surface area contributed by atoms with Crippen LogP contribution in [0.15, 0.2) is 42.5 Å². The van der Waals surface area contributed by atoms with E-state index in [1.54, 1.807) is 19.0 Å². The van der Waals surface area contributed by atoms with Crippen LogP contribution >= 0.6 is 11.6 Å². The maximum atomic E-state index is 12.3. The smallest absolute Gasteiger partial charge is 0.253 e. The van der Waals surface area contributed by atoms with Crippen molar-refractivity contribution >= 4 is 23.2 Å². The second-order valence-corrected chi connectivity index (χ2v) is 8.75. The molecule has 1 unspecified atom stereocenters. The van der Waals surface area contributed by atoms with Gasteiger partial charge in [0, 0.05) is 63.1 Å². The Morgan fingerprint density at radius 1 is 1.10 bits per heavy atom. The lowest BCUT2D eigenvalue weighted by Gasteiger charge is -2.37. The summed E-state index contributed by atoms with van der Waals surface area (Å²) in [6, 6.07) is 14.2. The monoisotopic (exact) mass is 427 g/mol. The standard InChI is InChI=1S/C24H30ClN3O2/c1-26(2)24(29)19-3-8-22-18(17-19)10-16-30-23(22)9-11-27-12-14-28(15-13-27)21-6-4-20(25)5-7-21/h3-8,17,23H,9-16H2,1-2H3. The molecule has 0 bridgehead atoms. The van der Waals surface area contributed by atoms with Crippen molar-refractivity contribution in [3.63, 3.8) is 0 Å². The average molecular weight is 428 g/mol. The van der Waals surface area contributed by atoms with E-state index in [2.05, 4.69) is 34.1 Å². The molecule has 2 aliphatic heterocycles. The fourth-order valence-corrected chi connectivity index (χ4v) is 4.47. The highest BCUT2D eigenvalue weighted by Crippen LogP contribution is 2.31. The first-order valence-corrected chi connectivity index (χ1v) is 11.1. The zero-order valence-electron chi connectivity index (χ0n) is 17.8. The van der Waals surface area contributed by atoms with Gasteiger partial charge in [0.15, 0.2) is 0 Å². The number of fused-ring (bicyclic) bond motifs is 1. The molecule has 0 radical (unpaired) electrons. The van der Waals surface area contributed by atoms with Crippen LogP contribution in [-0.2, 0) is 11.2 Å². The Morgan fingerprint density at radius 3 is 2.53 bits per heavy atom. The Balaban J connectivity index is 1.32. The molecule has 1 saturated heterocycles. The first-order chi connectivity index (χ1) is 14.5. The summed E-state index contributed by atoms with van der Waals surface area (Å²) in [4.78, 5) is 18.8. The van der Waals surface area contributed by atoms with Crippen LogP contribution in [0.5, 0.6) is 0 Å².